The molecule has 1 unspecified atom stereocenters. The summed E-state index contributed by atoms with van der Waals surface area (Å²) < 4.78 is 29.0. The van der Waals surface area contributed by atoms with Gasteiger partial charge in [0.2, 0.25) is 5.91 Å². The van der Waals surface area contributed by atoms with Gasteiger partial charge in [-0.1, -0.05) is 12.1 Å². The lowest BCUT2D eigenvalue weighted by molar-refractivity contribution is -0.133. The summed E-state index contributed by atoms with van der Waals surface area (Å²) in [6.07, 6.45) is 0. The van der Waals surface area contributed by atoms with Crippen molar-refractivity contribution in [1.29, 1.82) is 0 Å². The van der Waals surface area contributed by atoms with Gasteiger partial charge in [0.1, 0.15) is 24.5 Å². The second-order valence-corrected chi connectivity index (χ2v) is 7.21. The van der Waals surface area contributed by atoms with Gasteiger partial charge in [-0.25, -0.2) is 9.18 Å². The first-order valence-electron chi connectivity index (χ1n) is 9.78. The number of amides is 4. The van der Waals surface area contributed by atoms with Crippen LogP contribution in [-0.2, 0) is 19.9 Å². The van der Waals surface area contributed by atoms with Gasteiger partial charge in [0.25, 0.3) is 5.91 Å². The number of nitrogens with zero attached hydrogens (tertiary/aromatic N) is 1. The molecule has 4 amide bonds. The molecule has 1 heterocycles. The SMILES string of the molecule is COCCOc1cc(NC(=O)CN2C(=O)NC(C)(c3ccc(F)cc3)C2=O)ccc1OC. The predicted molar refractivity (Wildman–Crippen MR) is 113 cm³/mol. The summed E-state index contributed by atoms with van der Waals surface area (Å²) in [6.45, 7) is 1.67. The van der Waals surface area contributed by atoms with Gasteiger partial charge < -0.3 is 24.8 Å². The highest BCUT2D eigenvalue weighted by Gasteiger charge is 2.49. The number of hydrogen-bond donors (Lipinski definition) is 2. The molecule has 10 heteroatoms. The molecule has 0 radical (unpaired) electrons. The van der Waals surface area contributed by atoms with Crippen LogP contribution in [0.4, 0.5) is 14.9 Å². The van der Waals surface area contributed by atoms with Crippen LogP contribution in [0, 0.1) is 5.82 Å². The van der Waals surface area contributed by atoms with E-state index in [9.17, 15) is 18.8 Å². The number of hydrogen-bond acceptors (Lipinski definition) is 6. The van der Waals surface area contributed by atoms with E-state index in [0.29, 0.717) is 29.4 Å². The monoisotopic (exact) mass is 445 g/mol. The number of ether oxygens (including phenoxy) is 3. The van der Waals surface area contributed by atoms with E-state index in [1.165, 1.54) is 38.3 Å². The Morgan fingerprint density at radius 3 is 2.47 bits per heavy atom. The first-order valence-corrected chi connectivity index (χ1v) is 9.78. The summed E-state index contributed by atoms with van der Waals surface area (Å²) in [5, 5.41) is 5.21. The molecule has 0 spiro atoms. The second-order valence-electron chi connectivity index (χ2n) is 7.21. The third-order valence-corrected chi connectivity index (χ3v) is 4.99. The quantitative estimate of drug-likeness (QED) is 0.453. The maximum atomic E-state index is 13.2. The van der Waals surface area contributed by atoms with Crippen molar-refractivity contribution in [1.82, 2.24) is 10.2 Å². The molecular formula is C22H24FN3O6. The Bertz CT molecular complexity index is 1010. The number of benzene rings is 2. The molecule has 2 N–H and O–H groups in total. The Morgan fingerprint density at radius 2 is 1.81 bits per heavy atom. The van der Waals surface area contributed by atoms with Crippen LogP contribution in [0.1, 0.15) is 12.5 Å². The van der Waals surface area contributed by atoms with Crippen molar-refractivity contribution in [3.63, 3.8) is 0 Å². The minimum Gasteiger partial charge on any atom is -0.493 e. The van der Waals surface area contributed by atoms with Gasteiger partial charge in [-0.05, 0) is 36.8 Å². The summed E-state index contributed by atoms with van der Waals surface area (Å²) >= 11 is 0. The van der Waals surface area contributed by atoms with Crippen LogP contribution in [0.2, 0.25) is 0 Å². The maximum absolute atomic E-state index is 13.2. The van der Waals surface area contributed by atoms with Crippen molar-refractivity contribution < 1.29 is 33.0 Å². The Morgan fingerprint density at radius 1 is 1.09 bits per heavy atom. The fourth-order valence-electron chi connectivity index (χ4n) is 3.27. The zero-order valence-corrected chi connectivity index (χ0v) is 17.9. The van der Waals surface area contributed by atoms with Gasteiger partial charge in [-0.2, -0.15) is 0 Å². The fourth-order valence-corrected chi connectivity index (χ4v) is 3.27. The van der Waals surface area contributed by atoms with E-state index in [1.807, 2.05) is 0 Å². The van der Waals surface area contributed by atoms with Crippen LogP contribution < -0.4 is 20.1 Å². The number of methoxy groups -OCH3 is 2. The van der Waals surface area contributed by atoms with Crippen molar-refractivity contribution in [2.24, 2.45) is 0 Å². The van der Waals surface area contributed by atoms with Crippen molar-refractivity contribution in [2.75, 3.05) is 39.3 Å². The molecule has 32 heavy (non-hydrogen) atoms. The molecule has 2 aromatic carbocycles. The first-order chi connectivity index (χ1) is 15.3. The van der Waals surface area contributed by atoms with Crippen LogP contribution in [0.15, 0.2) is 42.5 Å². The Labute approximate surface area is 184 Å². The van der Waals surface area contributed by atoms with Gasteiger partial charge in [0, 0.05) is 18.9 Å². The molecule has 170 valence electrons. The number of halogens is 1. The van der Waals surface area contributed by atoms with E-state index in [4.69, 9.17) is 14.2 Å². The molecule has 9 nitrogen and oxygen atoms in total. The van der Waals surface area contributed by atoms with Gasteiger partial charge in [-0.15, -0.1) is 0 Å². The van der Waals surface area contributed by atoms with E-state index < -0.39 is 35.7 Å². The second kappa shape index (κ2) is 9.65. The first kappa shape index (κ1) is 23.0. The van der Waals surface area contributed by atoms with E-state index >= 15 is 0 Å². The highest BCUT2D eigenvalue weighted by molar-refractivity contribution is 6.10. The van der Waals surface area contributed by atoms with Crippen molar-refractivity contribution >= 4 is 23.5 Å². The number of rotatable bonds is 9. The molecule has 1 atom stereocenters. The molecule has 2 aromatic rings. The highest BCUT2D eigenvalue weighted by Crippen LogP contribution is 2.31. The summed E-state index contributed by atoms with van der Waals surface area (Å²) in [6, 6.07) is 9.32. The number of nitrogens with one attached hydrogen (secondary N) is 2. The lowest BCUT2D eigenvalue weighted by atomic mass is 9.92. The van der Waals surface area contributed by atoms with Gasteiger partial charge in [0.15, 0.2) is 11.5 Å². The van der Waals surface area contributed by atoms with Crippen molar-refractivity contribution in [3.05, 3.63) is 53.8 Å². The zero-order valence-electron chi connectivity index (χ0n) is 17.9. The number of carbonyl (C=O) groups excluding carboxylic acids is 3. The molecular weight excluding hydrogens is 421 g/mol. The van der Waals surface area contributed by atoms with Crippen molar-refractivity contribution in [3.8, 4) is 11.5 Å². The third-order valence-electron chi connectivity index (χ3n) is 4.99. The van der Waals surface area contributed by atoms with Crippen LogP contribution in [0.3, 0.4) is 0 Å². The largest absolute Gasteiger partial charge is 0.493 e. The minimum atomic E-state index is -1.40. The molecule has 1 saturated heterocycles. The lowest BCUT2D eigenvalue weighted by Gasteiger charge is -2.22. The van der Waals surface area contributed by atoms with E-state index in [2.05, 4.69) is 10.6 Å². The summed E-state index contributed by atoms with van der Waals surface area (Å²) in [7, 11) is 3.04. The normalized spacial score (nSPS) is 17.8. The molecule has 0 saturated carbocycles. The zero-order chi connectivity index (χ0) is 23.3. The van der Waals surface area contributed by atoms with E-state index in [0.717, 1.165) is 4.90 Å². The Hall–Kier alpha value is -3.66. The van der Waals surface area contributed by atoms with Crippen LogP contribution in [-0.4, -0.2) is 56.7 Å². The van der Waals surface area contributed by atoms with E-state index in [-0.39, 0.29) is 6.61 Å². The molecule has 3 rings (SSSR count). The topological polar surface area (TPSA) is 106 Å². The molecule has 1 fully saturated rings. The summed E-state index contributed by atoms with van der Waals surface area (Å²) in [4.78, 5) is 38.7. The summed E-state index contributed by atoms with van der Waals surface area (Å²) in [5.74, 6) is -0.771. The highest BCUT2D eigenvalue weighted by atomic mass is 19.1. The number of carbonyl (C=O) groups is 3. The minimum absolute atomic E-state index is 0.286. The summed E-state index contributed by atoms with van der Waals surface area (Å²) in [5.41, 5.74) is -0.585. The lowest BCUT2D eigenvalue weighted by Crippen LogP contribution is -2.42. The van der Waals surface area contributed by atoms with Crippen LogP contribution in [0.5, 0.6) is 11.5 Å². The Kier molecular flexibility index (Phi) is 6.94. The Balaban J connectivity index is 1.69. The average molecular weight is 445 g/mol. The van der Waals surface area contributed by atoms with Gasteiger partial charge >= 0.3 is 6.03 Å². The molecule has 1 aliphatic rings. The number of imide groups is 1. The molecule has 1 aliphatic heterocycles. The molecule has 0 aliphatic carbocycles. The van der Waals surface area contributed by atoms with Crippen LogP contribution >= 0.6 is 0 Å². The molecule has 0 aromatic heterocycles. The van der Waals surface area contributed by atoms with Gasteiger partial charge in [0.05, 0.1) is 13.7 Å². The number of anilines is 1. The number of urea groups is 1. The smallest absolute Gasteiger partial charge is 0.325 e. The van der Waals surface area contributed by atoms with Gasteiger partial charge in [-0.3, -0.25) is 14.5 Å². The standard InChI is InChI=1S/C22H24FN3O6/c1-22(14-4-6-15(23)7-5-14)20(28)26(21(29)25-22)13-19(27)24-16-8-9-17(31-3)18(12-16)32-11-10-30-2/h4-9,12H,10-11,13H2,1-3H3,(H,24,27)(H,25,29). The maximum Gasteiger partial charge on any atom is 0.325 e. The van der Waals surface area contributed by atoms with E-state index in [1.54, 1.807) is 25.3 Å². The fraction of sp³-hybridized carbons (Fsp3) is 0.318. The van der Waals surface area contributed by atoms with Crippen molar-refractivity contribution in [2.45, 2.75) is 12.5 Å². The third kappa shape index (κ3) is 4.80. The van der Waals surface area contributed by atoms with Crippen LogP contribution in [0.25, 0.3) is 0 Å². The average Bonchev–Trinajstić information content (AvgIpc) is 2.98. The molecule has 0 bridgehead atoms. The predicted octanol–water partition coefficient (Wildman–Crippen LogP) is 2.27.